The minimum Gasteiger partial charge on any atom is -0.382 e. The number of rotatable bonds is 7. The highest BCUT2D eigenvalue weighted by atomic mass is 19.4. The van der Waals surface area contributed by atoms with Gasteiger partial charge in [-0.25, -0.2) is 4.39 Å². The number of nitrogens with one attached hydrogen (secondary N) is 2. The molecular formula is C33H33F4N3O3. The molecule has 43 heavy (non-hydrogen) atoms. The second-order valence-electron chi connectivity index (χ2n) is 11.3. The highest BCUT2D eigenvalue weighted by Crippen LogP contribution is 2.40. The molecule has 2 atom stereocenters. The Labute approximate surface area is 247 Å². The van der Waals surface area contributed by atoms with Crippen molar-refractivity contribution in [2.24, 2.45) is 5.92 Å². The summed E-state index contributed by atoms with van der Waals surface area (Å²) in [5.41, 5.74) is 0.138. The average molecular weight is 596 g/mol. The fourth-order valence-corrected chi connectivity index (χ4v) is 6.26. The topological polar surface area (TPSA) is 78.5 Å². The first kappa shape index (κ1) is 30.3. The molecule has 226 valence electrons. The number of halogens is 4. The van der Waals surface area contributed by atoms with Gasteiger partial charge in [-0.2, -0.15) is 13.2 Å². The Morgan fingerprint density at radius 3 is 2.28 bits per heavy atom. The van der Waals surface area contributed by atoms with E-state index in [2.05, 4.69) is 10.6 Å². The Kier molecular flexibility index (Phi) is 8.84. The Balaban J connectivity index is 1.48. The van der Waals surface area contributed by atoms with Crippen molar-refractivity contribution in [3.05, 3.63) is 94.3 Å². The minimum absolute atomic E-state index is 0.0765. The van der Waals surface area contributed by atoms with Gasteiger partial charge >= 0.3 is 6.18 Å². The van der Waals surface area contributed by atoms with Crippen LogP contribution in [0, 0.1) is 18.7 Å². The molecule has 1 saturated carbocycles. The lowest BCUT2D eigenvalue weighted by atomic mass is 9.83. The van der Waals surface area contributed by atoms with Crippen LogP contribution in [0.4, 0.5) is 28.9 Å². The monoisotopic (exact) mass is 595 g/mol. The molecule has 1 heterocycles. The number of alkyl halides is 3. The number of amides is 2. The molecule has 1 aliphatic carbocycles. The number of piperidine rings is 1. The van der Waals surface area contributed by atoms with E-state index in [1.54, 1.807) is 13.0 Å². The predicted molar refractivity (Wildman–Crippen MR) is 155 cm³/mol. The number of likely N-dealkylation sites (tertiary alicyclic amines) is 1. The van der Waals surface area contributed by atoms with Crippen molar-refractivity contribution in [3.8, 4) is 0 Å². The van der Waals surface area contributed by atoms with Gasteiger partial charge in [-0.1, -0.05) is 37.1 Å². The molecule has 0 spiro atoms. The molecule has 5 rings (SSSR count). The maximum absolute atomic E-state index is 14.9. The van der Waals surface area contributed by atoms with Gasteiger partial charge in [0, 0.05) is 29.5 Å². The lowest BCUT2D eigenvalue weighted by Crippen LogP contribution is -2.46. The van der Waals surface area contributed by atoms with Gasteiger partial charge in [0.2, 0.25) is 5.91 Å². The van der Waals surface area contributed by atoms with E-state index in [0.29, 0.717) is 30.0 Å². The van der Waals surface area contributed by atoms with Gasteiger partial charge in [-0.15, -0.1) is 0 Å². The number of hydrogen-bond acceptors (Lipinski definition) is 4. The van der Waals surface area contributed by atoms with Gasteiger partial charge in [-0.3, -0.25) is 14.4 Å². The molecule has 1 saturated heterocycles. The van der Waals surface area contributed by atoms with Crippen molar-refractivity contribution in [1.82, 2.24) is 4.90 Å². The van der Waals surface area contributed by atoms with Crippen molar-refractivity contribution < 1.29 is 31.9 Å². The van der Waals surface area contributed by atoms with Crippen LogP contribution in [0.15, 0.2) is 60.7 Å². The van der Waals surface area contributed by atoms with Crippen LogP contribution in [-0.4, -0.2) is 35.6 Å². The molecule has 1 aliphatic heterocycles. The van der Waals surface area contributed by atoms with Crippen LogP contribution in [0.2, 0.25) is 0 Å². The molecule has 0 unspecified atom stereocenters. The van der Waals surface area contributed by atoms with Gasteiger partial charge in [-0.05, 0) is 80.1 Å². The minimum atomic E-state index is -4.79. The van der Waals surface area contributed by atoms with Gasteiger partial charge < -0.3 is 15.5 Å². The first-order chi connectivity index (χ1) is 20.6. The van der Waals surface area contributed by atoms with Gasteiger partial charge in [0.1, 0.15) is 5.82 Å². The number of carbonyl (C=O) groups excluding carboxylic acids is 3. The Morgan fingerprint density at radius 2 is 1.63 bits per heavy atom. The summed E-state index contributed by atoms with van der Waals surface area (Å²) in [6.45, 7) is 1.92. The molecular weight excluding hydrogens is 562 g/mol. The zero-order valence-electron chi connectivity index (χ0n) is 23.7. The normalized spacial score (nSPS) is 19.2. The van der Waals surface area contributed by atoms with Gasteiger partial charge in [0.25, 0.3) is 5.91 Å². The summed E-state index contributed by atoms with van der Waals surface area (Å²) in [6, 6.07) is 14.4. The fourth-order valence-electron chi connectivity index (χ4n) is 6.26. The van der Waals surface area contributed by atoms with E-state index in [0.717, 1.165) is 30.7 Å². The second-order valence-corrected chi connectivity index (χ2v) is 11.3. The first-order valence-electron chi connectivity index (χ1n) is 14.5. The van der Waals surface area contributed by atoms with E-state index in [1.165, 1.54) is 35.9 Å². The molecule has 2 aliphatic rings. The van der Waals surface area contributed by atoms with Crippen molar-refractivity contribution in [2.45, 2.75) is 63.7 Å². The number of hydrogen-bond donors (Lipinski definition) is 2. The summed E-state index contributed by atoms with van der Waals surface area (Å²) in [5, 5.41) is 6.09. The number of anilines is 2. The van der Waals surface area contributed by atoms with Crippen molar-refractivity contribution in [3.63, 3.8) is 0 Å². The van der Waals surface area contributed by atoms with Crippen LogP contribution in [-0.2, 0) is 11.0 Å². The number of aryl methyl sites for hydroxylation is 1. The quantitative estimate of drug-likeness (QED) is 0.218. The van der Waals surface area contributed by atoms with Crippen LogP contribution in [0.5, 0.6) is 0 Å². The van der Waals surface area contributed by atoms with E-state index in [4.69, 9.17) is 0 Å². The third-order valence-corrected chi connectivity index (χ3v) is 8.40. The summed E-state index contributed by atoms with van der Waals surface area (Å²) in [7, 11) is 0. The lowest BCUT2D eigenvalue weighted by molar-refractivity contribution is -0.137. The Bertz CT molecular complexity index is 1480. The zero-order valence-corrected chi connectivity index (χ0v) is 23.7. The highest BCUT2D eigenvalue weighted by Gasteiger charge is 2.41. The van der Waals surface area contributed by atoms with Crippen LogP contribution < -0.4 is 10.6 Å². The predicted octanol–water partition coefficient (Wildman–Crippen LogP) is 7.55. The van der Waals surface area contributed by atoms with Crippen LogP contribution >= 0.6 is 0 Å². The molecule has 0 bridgehead atoms. The summed E-state index contributed by atoms with van der Waals surface area (Å²) in [4.78, 5) is 40.3. The smallest absolute Gasteiger partial charge is 0.382 e. The van der Waals surface area contributed by atoms with E-state index in [1.807, 2.05) is 24.3 Å². The third kappa shape index (κ3) is 6.58. The molecule has 0 radical (unpaired) electrons. The number of carbonyl (C=O) groups is 3. The number of aldehydes is 1. The lowest BCUT2D eigenvalue weighted by Gasteiger charge is -2.41. The summed E-state index contributed by atoms with van der Waals surface area (Å²) >= 11 is 0. The molecule has 3 aromatic carbocycles. The van der Waals surface area contributed by atoms with Crippen molar-refractivity contribution in [2.75, 3.05) is 17.2 Å². The first-order valence-corrected chi connectivity index (χ1v) is 14.5. The molecule has 0 aromatic heterocycles. The van der Waals surface area contributed by atoms with Crippen LogP contribution in [0.3, 0.4) is 0 Å². The Hall–Kier alpha value is -4.21. The zero-order chi connectivity index (χ0) is 30.7. The maximum Gasteiger partial charge on any atom is 0.417 e. The van der Waals surface area contributed by atoms with E-state index < -0.39 is 46.9 Å². The summed E-state index contributed by atoms with van der Waals surface area (Å²) < 4.78 is 55.6. The molecule has 2 N–H and O–H groups in total. The van der Waals surface area contributed by atoms with Crippen LogP contribution in [0.1, 0.15) is 82.0 Å². The number of nitrogens with zero attached hydrogens (tertiary/aromatic N) is 1. The molecule has 2 amide bonds. The van der Waals surface area contributed by atoms with E-state index >= 15 is 0 Å². The van der Waals surface area contributed by atoms with E-state index in [-0.39, 0.29) is 24.1 Å². The SMILES string of the molecule is Cc1cccc(F)c1C(=O)N1CCC[C@@H](C(=O)Nc2ccc(C=O)c(C(F)(F)F)c2)[C@H]1c1ccc(NC2CCCC2)cc1. The second kappa shape index (κ2) is 12.6. The van der Waals surface area contributed by atoms with Crippen LogP contribution in [0.25, 0.3) is 0 Å². The standard InChI is InChI=1S/C33H33F4N3O3/c1-20-6-4-10-28(34)29(20)32(43)40-17-5-9-26(30(40)21-11-14-24(15-12-21)38-23-7-2-3-8-23)31(42)39-25-16-13-22(19-41)27(18-25)33(35,36)37/h4,6,10-16,18-19,23,26,30,38H,2-3,5,7-9,17H2,1H3,(H,39,42)/t26-,30-/m1/s1. The van der Waals surface area contributed by atoms with E-state index in [9.17, 15) is 31.9 Å². The van der Waals surface area contributed by atoms with Crippen molar-refractivity contribution >= 4 is 29.5 Å². The maximum atomic E-state index is 14.9. The fraction of sp³-hybridized carbons (Fsp3) is 0.364. The number of benzene rings is 3. The Morgan fingerprint density at radius 1 is 0.930 bits per heavy atom. The largest absolute Gasteiger partial charge is 0.417 e. The molecule has 2 fully saturated rings. The molecule has 3 aromatic rings. The third-order valence-electron chi connectivity index (χ3n) is 8.40. The summed E-state index contributed by atoms with van der Waals surface area (Å²) in [6.07, 6.45) is 0.628. The molecule has 6 nitrogen and oxygen atoms in total. The molecule has 10 heteroatoms. The van der Waals surface area contributed by atoms with Gasteiger partial charge in [0.15, 0.2) is 6.29 Å². The highest BCUT2D eigenvalue weighted by molar-refractivity contribution is 5.98. The van der Waals surface area contributed by atoms with Crippen molar-refractivity contribution in [1.29, 1.82) is 0 Å². The van der Waals surface area contributed by atoms with Gasteiger partial charge in [0.05, 0.1) is 23.1 Å². The summed E-state index contributed by atoms with van der Waals surface area (Å²) in [5.74, 6) is -2.63. The average Bonchev–Trinajstić information content (AvgIpc) is 3.49.